The van der Waals surface area contributed by atoms with E-state index in [2.05, 4.69) is 10.6 Å². The maximum Gasteiger partial charge on any atom is 0.156 e. The maximum absolute atomic E-state index is 14.9. The van der Waals surface area contributed by atoms with Crippen LogP contribution in [0.4, 0.5) is 10.1 Å². The lowest BCUT2D eigenvalue weighted by Crippen LogP contribution is -2.33. The molecule has 1 saturated carbocycles. The van der Waals surface area contributed by atoms with Gasteiger partial charge in [0.1, 0.15) is 6.10 Å². The van der Waals surface area contributed by atoms with Gasteiger partial charge in [-0.3, -0.25) is 0 Å². The second kappa shape index (κ2) is 5.45. The molecule has 2 saturated heterocycles. The topological polar surface area (TPSA) is 36.6 Å². The second-order valence-electron chi connectivity index (χ2n) is 6.91. The van der Waals surface area contributed by atoms with Crippen LogP contribution in [-0.4, -0.2) is 24.9 Å². The summed E-state index contributed by atoms with van der Waals surface area (Å²) < 4.78 is 20.7. The summed E-state index contributed by atoms with van der Waals surface area (Å²) in [7, 11) is 0. The normalized spacial score (nSPS) is 33.2. The zero-order chi connectivity index (χ0) is 16.3. The fourth-order valence-electron chi connectivity index (χ4n) is 3.94. The largest absolute Gasteiger partial charge is 0.356 e. The summed E-state index contributed by atoms with van der Waals surface area (Å²) in [5.41, 5.74) is 1.67. The third kappa shape index (κ3) is 2.41. The Labute approximate surface area is 145 Å². The van der Waals surface area contributed by atoms with E-state index < -0.39 is 0 Å². The summed E-state index contributed by atoms with van der Waals surface area (Å²) >= 11 is 6.21. The highest BCUT2D eigenvalue weighted by Gasteiger charge is 2.58. The molecule has 5 rings (SSSR count). The van der Waals surface area contributed by atoms with Crippen LogP contribution in [0.3, 0.4) is 0 Å². The van der Waals surface area contributed by atoms with E-state index in [1.807, 2.05) is 24.3 Å². The number of nitrogens with one attached hydrogen (secondary N) is 2. The molecular formula is C19H18ClFN2O. The summed E-state index contributed by atoms with van der Waals surface area (Å²) in [5, 5.41) is 7.26. The van der Waals surface area contributed by atoms with E-state index in [1.165, 1.54) is 6.42 Å². The molecule has 1 aliphatic carbocycles. The fourth-order valence-corrected chi connectivity index (χ4v) is 4.18. The van der Waals surface area contributed by atoms with E-state index in [0.29, 0.717) is 27.9 Å². The van der Waals surface area contributed by atoms with Gasteiger partial charge in [-0.1, -0.05) is 41.9 Å². The Bertz CT molecular complexity index is 799. The van der Waals surface area contributed by atoms with Crippen molar-refractivity contribution >= 4 is 17.3 Å². The standard InChI is InChI=1S/C19H18ClFN2O/c20-14-6-2-1-4-11(14)12-5-3-7-15(16(12)21)23-19-18(24-19)17-13-8-10(13)9-22-17/h1-7,10,13,17-19,22-23H,8-9H2/t10?,13-,17-,18?,19?/m0/s1. The van der Waals surface area contributed by atoms with Crippen molar-refractivity contribution < 1.29 is 9.13 Å². The van der Waals surface area contributed by atoms with Crippen LogP contribution in [0, 0.1) is 17.7 Å². The van der Waals surface area contributed by atoms with Crippen molar-refractivity contribution in [3.05, 3.63) is 53.3 Å². The van der Waals surface area contributed by atoms with Gasteiger partial charge in [-0.15, -0.1) is 0 Å². The summed E-state index contributed by atoms with van der Waals surface area (Å²) in [6.07, 6.45) is 1.34. The number of ether oxygens (including phenoxy) is 1. The van der Waals surface area contributed by atoms with E-state index in [4.69, 9.17) is 16.3 Å². The molecule has 2 N–H and O–H groups in total. The van der Waals surface area contributed by atoms with Gasteiger partial charge in [0.2, 0.25) is 0 Å². The van der Waals surface area contributed by atoms with Crippen molar-refractivity contribution in [2.24, 2.45) is 11.8 Å². The Morgan fingerprint density at radius 2 is 1.96 bits per heavy atom. The third-order valence-corrected chi connectivity index (χ3v) is 5.72. The number of hydrogen-bond donors (Lipinski definition) is 2. The first-order chi connectivity index (χ1) is 11.7. The van der Waals surface area contributed by atoms with Crippen LogP contribution in [0.2, 0.25) is 5.02 Å². The number of rotatable bonds is 4. The molecule has 5 heteroatoms. The van der Waals surface area contributed by atoms with Gasteiger partial charge < -0.3 is 15.4 Å². The molecule has 0 spiro atoms. The van der Waals surface area contributed by atoms with E-state index in [9.17, 15) is 4.39 Å². The number of benzene rings is 2. The Morgan fingerprint density at radius 3 is 2.71 bits per heavy atom. The number of piperidine rings is 1. The molecule has 2 aromatic rings. The Kier molecular flexibility index (Phi) is 3.34. The highest BCUT2D eigenvalue weighted by Crippen LogP contribution is 2.49. The summed E-state index contributed by atoms with van der Waals surface area (Å²) in [4.78, 5) is 0. The van der Waals surface area contributed by atoms with Gasteiger partial charge in [-0.25, -0.2) is 4.39 Å². The number of anilines is 1. The monoisotopic (exact) mass is 344 g/mol. The number of fused-ring (bicyclic) bond motifs is 1. The van der Waals surface area contributed by atoms with Crippen molar-refractivity contribution in [2.45, 2.75) is 24.8 Å². The second-order valence-corrected chi connectivity index (χ2v) is 7.31. The van der Waals surface area contributed by atoms with Gasteiger partial charge in [0.15, 0.2) is 12.0 Å². The van der Waals surface area contributed by atoms with Crippen LogP contribution in [0.25, 0.3) is 11.1 Å². The van der Waals surface area contributed by atoms with Gasteiger partial charge in [0, 0.05) is 22.2 Å². The molecule has 2 aromatic carbocycles. The molecular weight excluding hydrogens is 327 g/mol. The van der Waals surface area contributed by atoms with E-state index >= 15 is 0 Å². The molecule has 2 aliphatic heterocycles. The third-order valence-electron chi connectivity index (χ3n) is 5.39. The Morgan fingerprint density at radius 1 is 1.12 bits per heavy atom. The Balaban J connectivity index is 1.36. The van der Waals surface area contributed by atoms with Crippen LogP contribution in [-0.2, 0) is 4.74 Å². The first-order valence-corrected chi connectivity index (χ1v) is 8.79. The molecule has 2 heterocycles. The molecule has 24 heavy (non-hydrogen) atoms. The molecule has 3 aliphatic rings. The summed E-state index contributed by atoms with van der Waals surface area (Å²) in [5.74, 6) is 1.30. The highest BCUT2D eigenvalue weighted by molar-refractivity contribution is 6.33. The molecule has 0 aromatic heterocycles. The van der Waals surface area contributed by atoms with Gasteiger partial charge >= 0.3 is 0 Å². The van der Waals surface area contributed by atoms with Crippen LogP contribution >= 0.6 is 11.6 Å². The minimum Gasteiger partial charge on any atom is -0.356 e. The lowest BCUT2D eigenvalue weighted by molar-refractivity contribution is 0.330. The summed E-state index contributed by atoms with van der Waals surface area (Å²) in [6, 6.07) is 13.1. The molecule has 0 radical (unpaired) electrons. The van der Waals surface area contributed by atoms with Crippen LogP contribution < -0.4 is 10.6 Å². The minimum absolute atomic E-state index is 0.113. The molecule has 3 nitrogen and oxygen atoms in total. The lowest BCUT2D eigenvalue weighted by atomic mass is 10.0. The van der Waals surface area contributed by atoms with Crippen molar-refractivity contribution in [1.29, 1.82) is 0 Å². The van der Waals surface area contributed by atoms with Gasteiger partial charge in [-0.05, 0) is 36.9 Å². The van der Waals surface area contributed by atoms with Gasteiger partial charge in [-0.2, -0.15) is 0 Å². The van der Waals surface area contributed by atoms with Gasteiger partial charge in [0.05, 0.1) is 5.69 Å². The number of hydrogen-bond acceptors (Lipinski definition) is 3. The first-order valence-electron chi connectivity index (χ1n) is 8.41. The highest BCUT2D eigenvalue weighted by atomic mass is 35.5. The number of halogens is 2. The zero-order valence-corrected chi connectivity index (χ0v) is 13.8. The minimum atomic E-state index is -0.288. The van der Waals surface area contributed by atoms with Crippen LogP contribution in [0.15, 0.2) is 42.5 Å². The van der Waals surface area contributed by atoms with Crippen LogP contribution in [0.5, 0.6) is 0 Å². The Hall–Kier alpha value is -1.62. The molecule has 0 amide bonds. The van der Waals surface area contributed by atoms with Crippen molar-refractivity contribution in [1.82, 2.24) is 5.32 Å². The molecule has 3 fully saturated rings. The SMILES string of the molecule is Fc1c(NC2OC2[C@H]2NCC3C[C@@H]32)cccc1-c1ccccc1Cl. The van der Waals surface area contributed by atoms with Crippen molar-refractivity contribution in [2.75, 3.05) is 11.9 Å². The average Bonchev–Trinajstić information content (AvgIpc) is 3.50. The average molecular weight is 345 g/mol. The quantitative estimate of drug-likeness (QED) is 0.826. The lowest BCUT2D eigenvalue weighted by Gasteiger charge is -2.12. The zero-order valence-electron chi connectivity index (χ0n) is 13.0. The predicted molar refractivity (Wildman–Crippen MR) is 92.5 cm³/mol. The molecule has 3 unspecified atom stereocenters. The fraction of sp³-hybridized carbons (Fsp3) is 0.368. The summed E-state index contributed by atoms with van der Waals surface area (Å²) in [6.45, 7) is 1.10. The molecule has 5 atom stereocenters. The van der Waals surface area contributed by atoms with Crippen molar-refractivity contribution in [3.63, 3.8) is 0 Å². The van der Waals surface area contributed by atoms with E-state index in [1.54, 1.807) is 18.2 Å². The van der Waals surface area contributed by atoms with E-state index in [0.717, 1.165) is 18.4 Å². The van der Waals surface area contributed by atoms with Gasteiger partial charge in [0.25, 0.3) is 0 Å². The number of epoxide rings is 1. The first kappa shape index (κ1) is 14.7. The van der Waals surface area contributed by atoms with Crippen LogP contribution in [0.1, 0.15) is 6.42 Å². The molecule has 0 bridgehead atoms. The van der Waals surface area contributed by atoms with E-state index in [-0.39, 0.29) is 18.1 Å². The van der Waals surface area contributed by atoms with Crippen molar-refractivity contribution in [3.8, 4) is 11.1 Å². The molecule has 124 valence electrons. The smallest absolute Gasteiger partial charge is 0.156 e. The predicted octanol–water partition coefficient (Wildman–Crippen LogP) is 3.89. The maximum atomic E-state index is 14.9.